The monoisotopic (exact) mass is 556 g/mol. The molecule has 0 radical (unpaired) electrons. The van der Waals surface area contributed by atoms with E-state index in [9.17, 15) is 4.79 Å². The molecule has 0 spiro atoms. The van der Waals surface area contributed by atoms with Gasteiger partial charge < -0.3 is 4.74 Å². The molecule has 0 N–H and O–H groups in total. The minimum atomic E-state index is -0.202. The van der Waals surface area contributed by atoms with Gasteiger partial charge in [0.25, 0.3) is 0 Å². The molecule has 41 heavy (non-hydrogen) atoms. The molecule has 6 rings (SSSR count). The van der Waals surface area contributed by atoms with Gasteiger partial charge in [0.15, 0.2) is 0 Å². The zero-order chi connectivity index (χ0) is 28.1. The Bertz CT molecular complexity index is 1620. The van der Waals surface area contributed by atoms with Crippen LogP contribution < -0.4 is 4.74 Å². The molecule has 1 unspecified atom stereocenters. The molecule has 0 aromatic heterocycles. The number of carbonyl (C=O) groups is 1. The van der Waals surface area contributed by atoms with Gasteiger partial charge in [-0.3, -0.25) is 4.79 Å². The molecule has 3 heteroatoms. The van der Waals surface area contributed by atoms with E-state index in [0.717, 1.165) is 49.2 Å². The molecule has 1 atom stereocenters. The van der Waals surface area contributed by atoms with Crippen molar-refractivity contribution in [3.05, 3.63) is 149 Å². The van der Waals surface area contributed by atoms with Crippen molar-refractivity contribution in [1.29, 1.82) is 0 Å². The van der Waals surface area contributed by atoms with Crippen LogP contribution in [0, 0.1) is 0 Å². The summed E-state index contributed by atoms with van der Waals surface area (Å²) >= 11 is 6.20. The quantitative estimate of drug-likeness (QED) is 0.119. The van der Waals surface area contributed by atoms with E-state index in [1.54, 1.807) is 12.1 Å². The molecule has 0 aliphatic heterocycles. The van der Waals surface area contributed by atoms with Crippen LogP contribution in [0.5, 0.6) is 5.75 Å². The number of fused-ring (bicyclic) bond motifs is 3. The van der Waals surface area contributed by atoms with Gasteiger partial charge >= 0.3 is 0 Å². The lowest BCUT2D eigenvalue weighted by Crippen LogP contribution is -2.27. The van der Waals surface area contributed by atoms with E-state index in [2.05, 4.69) is 84.9 Å². The summed E-state index contributed by atoms with van der Waals surface area (Å²) in [6.45, 7) is 0.681. The molecule has 1 aliphatic carbocycles. The Hall–Kier alpha value is -4.14. The number of rotatable bonds is 11. The SMILES string of the molecule is O=Cc1ccc(OCCCCCCC2(c3ccccc3)c3ccccc3-c3ccc(-c4ccc(Cl)cc4)cc32)cc1. The van der Waals surface area contributed by atoms with Crippen molar-refractivity contribution in [1.82, 2.24) is 0 Å². The number of carbonyl (C=O) groups excluding carboxylic acids is 1. The number of hydrogen-bond donors (Lipinski definition) is 0. The minimum absolute atomic E-state index is 0.202. The first-order chi connectivity index (χ1) is 20.2. The zero-order valence-electron chi connectivity index (χ0n) is 23.1. The van der Waals surface area contributed by atoms with Crippen LogP contribution in [-0.4, -0.2) is 12.9 Å². The van der Waals surface area contributed by atoms with E-state index >= 15 is 0 Å². The van der Waals surface area contributed by atoms with Crippen molar-refractivity contribution in [3.63, 3.8) is 0 Å². The number of hydrogen-bond acceptors (Lipinski definition) is 2. The molecule has 2 nitrogen and oxygen atoms in total. The smallest absolute Gasteiger partial charge is 0.150 e. The van der Waals surface area contributed by atoms with E-state index < -0.39 is 0 Å². The maximum absolute atomic E-state index is 10.9. The molecule has 5 aromatic rings. The van der Waals surface area contributed by atoms with E-state index in [-0.39, 0.29) is 5.41 Å². The second kappa shape index (κ2) is 12.2. The van der Waals surface area contributed by atoms with Crippen LogP contribution in [-0.2, 0) is 5.41 Å². The van der Waals surface area contributed by atoms with E-state index in [0.29, 0.717) is 12.2 Å². The summed E-state index contributed by atoms with van der Waals surface area (Å²) < 4.78 is 5.91. The number of aldehydes is 1. The van der Waals surface area contributed by atoms with Crippen molar-refractivity contribution in [2.24, 2.45) is 0 Å². The van der Waals surface area contributed by atoms with Gasteiger partial charge in [-0.25, -0.2) is 0 Å². The highest BCUT2D eigenvalue weighted by molar-refractivity contribution is 6.30. The molecule has 0 heterocycles. The topological polar surface area (TPSA) is 26.3 Å². The van der Waals surface area contributed by atoms with Crippen molar-refractivity contribution in [2.75, 3.05) is 6.61 Å². The van der Waals surface area contributed by atoms with E-state index in [1.807, 2.05) is 24.3 Å². The van der Waals surface area contributed by atoms with Crippen LogP contribution in [0.1, 0.15) is 59.2 Å². The number of ether oxygens (including phenoxy) is 1. The summed E-state index contributed by atoms with van der Waals surface area (Å²) in [5, 5.41) is 0.752. The molecular weight excluding hydrogens is 524 g/mol. The third-order valence-corrected chi connectivity index (χ3v) is 8.58. The van der Waals surface area contributed by atoms with Gasteiger partial charge in [0.05, 0.1) is 6.61 Å². The van der Waals surface area contributed by atoms with Crippen LogP contribution in [0.15, 0.2) is 121 Å². The van der Waals surface area contributed by atoms with Crippen LogP contribution in [0.2, 0.25) is 5.02 Å². The fraction of sp³-hybridized carbons (Fsp3) is 0.184. The lowest BCUT2D eigenvalue weighted by Gasteiger charge is -2.33. The first-order valence-electron chi connectivity index (χ1n) is 14.4. The summed E-state index contributed by atoms with van der Waals surface area (Å²) in [5.74, 6) is 0.814. The molecule has 1 aliphatic rings. The largest absolute Gasteiger partial charge is 0.494 e. The highest BCUT2D eigenvalue weighted by Gasteiger charge is 2.44. The molecule has 0 saturated heterocycles. The summed E-state index contributed by atoms with van der Waals surface area (Å²) in [7, 11) is 0. The van der Waals surface area contributed by atoms with Gasteiger partial charge in [0, 0.05) is 16.0 Å². The van der Waals surface area contributed by atoms with Crippen LogP contribution in [0.25, 0.3) is 22.3 Å². The fourth-order valence-electron chi connectivity index (χ4n) is 6.32. The van der Waals surface area contributed by atoms with Crippen LogP contribution in [0.3, 0.4) is 0 Å². The predicted octanol–water partition coefficient (Wildman–Crippen LogP) is 10.2. The lowest BCUT2D eigenvalue weighted by molar-refractivity contribution is 0.112. The first kappa shape index (κ1) is 27.1. The summed E-state index contributed by atoms with van der Waals surface area (Å²) in [4.78, 5) is 10.9. The number of benzene rings is 5. The molecule has 0 saturated carbocycles. The van der Waals surface area contributed by atoms with E-state index in [1.165, 1.54) is 38.9 Å². The summed E-state index contributed by atoms with van der Waals surface area (Å²) in [6, 6.07) is 42.4. The molecule has 204 valence electrons. The van der Waals surface area contributed by atoms with Crippen LogP contribution >= 0.6 is 11.6 Å². The Morgan fingerprint density at radius 2 is 1.32 bits per heavy atom. The van der Waals surface area contributed by atoms with Gasteiger partial charge in [0.2, 0.25) is 0 Å². The van der Waals surface area contributed by atoms with Gasteiger partial charge in [-0.15, -0.1) is 0 Å². The highest BCUT2D eigenvalue weighted by atomic mass is 35.5. The normalized spacial score (nSPS) is 15.2. The second-order valence-corrected chi connectivity index (χ2v) is 11.2. The maximum Gasteiger partial charge on any atom is 0.150 e. The Labute approximate surface area is 247 Å². The summed E-state index contributed by atoms with van der Waals surface area (Å²) in [5.41, 5.74) is 9.66. The van der Waals surface area contributed by atoms with Gasteiger partial charge in [0.1, 0.15) is 12.0 Å². The Morgan fingerprint density at radius 1 is 0.634 bits per heavy atom. The zero-order valence-corrected chi connectivity index (χ0v) is 23.8. The highest BCUT2D eigenvalue weighted by Crippen LogP contribution is 2.55. The standard InChI is InChI=1S/C38H33ClO2/c39-32-19-16-29(17-20-32)30-18-23-35-34-12-6-7-13-36(34)38(37(35)26-30,31-10-4-3-5-11-31)24-8-1-2-9-25-41-33-21-14-28(27-40)15-22-33/h3-7,10-23,26-27H,1-2,8-9,24-25H2. The number of halogens is 1. The van der Waals surface area contributed by atoms with Crippen LogP contribution in [0.4, 0.5) is 0 Å². The third-order valence-electron chi connectivity index (χ3n) is 8.33. The fourth-order valence-corrected chi connectivity index (χ4v) is 6.44. The molecule has 0 fully saturated rings. The Kier molecular flexibility index (Phi) is 8.02. The van der Waals surface area contributed by atoms with E-state index in [4.69, 9.17) is 16.3 Å². The van der Waals surface area contributed by atoms with Gasteiger partial charge in [-0.1, -0.05) is 110 Å². The van der Waals surface area contributed by atoms with Crippen molar-refractivity contribution in [2.45, 2.75) is 37.5 Å². The third kappa shape index (κ3) is 5.45. The van der Waals surface area contributed by atoms with Crippen molar-refractivity contribution in [3.8, 4) is 28.0 Å². The molecule has 0 bridgehead atoms. The van der Waals surface area contributed by atoms with Gasteiger partial charge in [-0.05, 0) is 94.3 Å². The maximum atomic E-state index is 10.9. The minimum Gasteiger partial charge on any atom is -0.494 e. The second-order valence-electron chi connectivity index (χ2n) is 10.8. The summed E-state index contributed by atoms with van der Waals surface area (Å²) in [6.07, 6.45) is 6.25. The van der Waals surface area contributed by atoms with Gasteiger partial charge in [-0.2, -0.15) is 0 Å². The average Bonchev–Trinajstić information content (AvgIpc) is 3.31. The Morgan fingerprint density at radius 3 is 2.10 bits per heavy atom. The predicted molar refractivity (Wildman–Crippen MR) is 169 cm³/mol. The first-order valence-corrected chi connectivity index (χ1v) is 14.8. The molecule has 0 amide bonds. The molecule has 5 aromatic carbocycles. The average molecular weight is 557 g/mol. The lowest BCUT2D eigenvalue weighted by atomic mass is 9.69. The number of unbranched alkanes of at least 4 members (excludes halogenated alkanes) is 3. The van der Waals surface area contributed by atoms with Crippen molar-refractivity contribution < 1.29 is 9.53 Å². The molecular formula is C38H33ClO2. The van der Waals surface area contributed by atoms with Crippen molar-refractivity contribution >= 4 is 17.9 Å². The Balaban J connectivity index is 1.25.